The van der Waals surface area contributed by atoms with E-state index in [-0.39, 0.29) is 24.9 Å². The molecule has 1 aromatic carbocycles. The number of nitrogens with one attached hydrogen (secondary N) is 1. The van der Waals surface area contributed by atoms with Crippen molar-refractivity contribution in [3.05, 3.63) is 35.9 Å². The third kappa shape index (κ3) is 3.58. The monoisotopic (exact) mass is 246 g/mol. The zero-order valence-corrected chi connectivity index (χ0v) is 10.4. The lowest BCUT2D eigenvalue weighted by molar-refractivity contribution is -0.140. The molecule has 1 fully saturated rings. The summed E-state index contributed by atoms with van der Waals surface area (Å²) < 4.78 is 0. The zero-order valence-electron chi connectivity index (χ0n) is 10.4. The summed E-state index contributed by atoms with van der Waals surface area (Å²) in [6.45, 7) is 1.04. The molecule has 0 aliphatic carbocycles. The van der Waals surface area contributed by atoms with E-state index in [9.17, 15) is 9.59 Å². The molecular formula is C14H18N2O2. The minimum Gasteiger partial charge on any atom is -0.345 e. The number of benzene rings is 1. The van der Waals surface area contributed by atoms with Crippen molar-refractivity contribution in [2.75, 3.05) is 19.6 Å². The molecule has 0 spiro atoms. The van der Waals surface area contributed by atoms with E-state index in [4.69, 9.17) is 0 Å². The molecule has 96 valence electrons. The van der Waals surface area contributed by atoms with Gasteiger partial charge in [0.2, 0.25) is 11.8 Å². The number of rotatable bonds is 5. The first-order chi connectivity index (χ1) is 8.75. The predicted molar refractivity (Wildman–Crippen MR) is 69.0 cm³/mol. The first-order valence-electron chi connectivity index (χ1n) is 6.34. The predicted octanol–water partition coefficient (Wildman–Crippen LogP) is 0.968. The summed E-state index contributed by atoms with van der Waals surface area (Å²) in [5.74, 6) is -0.0352. The summed E-state index contributed by atoms with van der Waals surface area (Å²) in [4.78, 5) is 24.3. The van der Waals surface area contributed by atoms with Crippen molar-refractivity contribution in [3.63, 3.8) is 0 Å². The maximum absolute atomic E-state index is 11.5. The number of hydrogen-bond acceptors (Lipinski definition) is 2. The lowest BCUT2D eigenvalue weighted by Crippen LogP contribution is -2.51. The number of carbonyl (C=O) groups is 2. The highest BCUT2D eigenvalue weighted by molar-refractivity contribution is 5.92. The molecule has 18 heavy (non-hydrogen) atoms. The molecule has 1 aliphatic heterocycles. The highest BCUT2D eigenvalue weighted by Crippen LogP contribution is 2.06. The molecule has 1 aliphatic rings. The average molecular weight is 246 g/mol. The Labute approximate surface area is 107 Å². The summed E-state index contributed by atoms with van der Waals surface area (Å²) >= 11 is 0. The van der Waals surface area contributed by atoms with Crippen LogP contribution in [-0.2, 0) is 16.0 Å². The Morgan fingerprint density at radius 3 is 2.67 bits per heavy atom. The molecule has 4 nitrogen and oxygen atoms in total. The Morgan fingerprint density at radius 1 is 1.11 bits per heavy atom. The van der Waals surface area contributed by atoms with Crippen LogP contribution in [-0.4, -0.2) is 36.3 Å². The van der Waals surface area contributed by atoms with Gasteiger partial charge in [0.25, 0.3) is 0 Å². The molecule has 1 aromatic rings. The molecular weight excluding hydrogens is 228 g/mol. The van der Waals surface area contributed by atoms with Gasteiger partial charge >= 0.3 is 0 Å². The van der Waals surface area contributed by atoms with Crippen LogP contribution in [0, 0.1) is 0 Å². The fraction of sp³-hybridized carbons (Fsp3) is 0.429. The minimum atomic E-state index is -0.0577. The maximum Gasteiger partial charge on any atom is 0.242 e. The van der Waals surface area contributed by atoms with Crippen molar-refractivity contribution in [2.24, 2.45) is 0 Å². The maximum atomic E-state index is 11.5. The van der Waals surface area contributed by atoms with Crippen LogP contribution in [0.1, 0.15) is 18.4 Å². The van der Waals surface area contributed by atoms with E-state index in [0.717, 1.165) is 19.3 Å². The standard InChI is InChI=1S/C14H18N2O2/c17-13-11-16(14(18)10-15-13)9-5-4-8-12-6-2-1-3-7-12/h1-3,6-7H,4-5,8-11H2,(H,15,17). The SMILES string of the molecule is O=C1CN(CCCCc2ccccc2)C(=O)CN1. The van der Waals surface area contributed by atoms with E-state index < -0.39 is 0 Å². The van der Waals surface area contributed by atoms with Crippen LogP contribution in [0.5, 0.6) is 0 Å². The normalized spacial score (nSPS) is 15.7. The molecule has 4 heteroatoms. The van der Waals surface area contributed by atoms with E-state index in [1.165, 1.54) is 5.56 Å². The number of aryl methyl sites for hydroxylation is 1. The first kappa shape index (κ1) is 12.6. The Hall–Kier alpha value is -1.84. The fourth-order valence-corrected chi connectivity index (χ4v) is 2.08. The number of amides is 2. The third-order valence-corrected chi connectivity index (χ3v) is 3.11. The second-order valence-electron chi connectivity index (χ2n) is 4.53. The summed E-state index contributed by atoms with van der Waals surface area (Å²) in [6.07, 6.45) is 3.00. The smallest absolute Gasteiger partial charge is 0.242 e. The van der Waals surface area contributed by atoms with Crippen molar-refractivity contribution in [2.45, 2.75) is 19.3 Å². The molecule has 0 saturated carbocycles. The van der Waals surface area contributed by atoms with Gasteiger partial charge in [-0.2, -0.15) is 0 Å². The Bertz CT molecular complexity index is 417. The molecule has 0 atom stereocenters. The fourth-order valence-electron chi connectivity index (χ4n) is 2.08. The molecule has 0 unspecified atom stereocenters. The van der Waals surface area contributed by atoms with Gasteiger partial charge in [0.05, 0.1) is 13.1 Å². The van der Waals surface area contributed by atoms with Crippen molar-refractivity contribution >= 4 is 11.8 Å². The van der Waals surface area contributed by atoms with Crippen LogP contribution in [0.4, 0.5) is 0 Å². The van der Waals surface area contributed by atoms with Gasteiger partial charge in [-0.15, -0.1) is 0 Å². The molecule has 1 N–H and O–H groups in total. The van der Waals surface area contributed by atoms with Crippen molar-refractivity contribution < 1.29 is 9.59 Å². The van der Waals surface area contributed by atoms with Gasteiger partial charge in [-0.05, 0) is 24.8 Å². The van der Waals surface area contributed by atoms with Crippen LogP contribution < -0.4 is 5.32 Å². The molecule has 0 aromatic heterocycles. The molecule has 0 bridgehead atoms. The first-order valence-corrected chi connectivity index (χ1v) is 6.34. The number of carbonyl (C=O) groups excluding carboxylic acids is 2. The second-order valence-corrected chi connectivity index (χ2v) is 4.53. The molecule has 1 saturated heterocycles. The van der Waals surface area contributed by atoms with Gasteiger partial charge in [-0.25, -0.2) is 0 Å². The second kappa shape index (κ2) is 6.19. The lowest BCUT2D eigenvalue weighted by Gasteiger charge is -2.26. The van der Waals surface area contributed by atoms with Crippen molar-refractivity contribution in [1.82, 2.24) is 10.2 Å². The van der Waals surface area contributed by atoms with E-state index >= 15 is 0 Å². The van der Waals surface area contributed by atoms with Gasteiger partial charge in [-0.1, -0.05) is 30.3 Å². The van der Waals surface area contributed by atoms with Gasteiger partial charge in [0.1, 0.15) is 0 Å². The van der Waals surface area contributed by atoms with E-state index in [2.05, 4.69) is 17.4 Å². The summed E-state index contributed by atoms with van der Waals surface area (Å²) in [5.41, 5.74) is 1.32. The van der Waals surface area contributed by atoms with Crippen molar-refractivity contribution in [1.29, 1.82) is 0 Å². The molecule has 2 rings (SSSR count). The van der Waals surface area contributed by atoms with Crippen LogP contribution >= 0.6 is 0 Å². The quantitative estimate of drug-likeness (QED) is 0.787. The minimum absolute atomic E-state index is 0.0225. The van der Waals surface area contributed by atoms with Crippen LogP contribution in [0.2, 0.25) is 0 Å². The topological polar surface area (TPSA) is 49.4 Å². The molecule has 0 radical (unpaired) electrons. The molecule has 2 amide bonds. The summed E-state index contributed by atoms with van der Waals surface area (Å²) in [5, 5.41) is 2.55. The summed E-state index contributed by atoms with van der Waals surface area (Å²) in [7, 11) is 0. The van der Waals surface area contributed by atoms with Gasteiger partial charge in [-0.3, -0.25) is 9.59 Å². The van der Waals surface area contributed by atoms with Crippen LogP contribution in [0.3, 0.4) is 0 Å². The van der Waals surface area contributed by atoms with E-state index in [0.29, 0.717) is 6.54 Å². The zero-order chi connectivity index (χ0) is 12.8. The van der Waals surface area contributed by atoms with Gasteiger partial charge in [0.15, 0.2) is 0 Å². The van der Waals surface area contributed by atoms with E-state index in [1.54, 1.807) is 4.90 Å². The highest BCUT2D eigenvalue weighted by atomic mass is 16.2. The summed E-state index contributed by atoms with van der Waals surface area (Å²) in [6, 6.07) is 10.3. The Balaban J connectivity index is 1.69. The van der Waals surface area contributed by atoms with E-state index in [1.807, 2.05) is 18.2 Å². The number of hydrogen-bond donors (Lipinski definition) is 1. The number of piperazine rings is 1. The molecule has 1 heterocycles. The number of nitrogens with zero attached hydrogens (tertiary/aromatic N) is 1. The Kier molecular flexibility index (Phi) is 4.34. The largest absolute Gasteiger partial charge is 0.345 e. The third-order valence-electron chi connectivity index (χ3n) is 3.11. The number of unbranched alkanes of at least 4 members (excludes halogenated alkanes) is 1. The lowest BCUT2D eigenvalue weighted by atomic mass is 10.1. The Morgan fingerprint density at radius 2 is 1.89 bits per heavy atom. The van der Waals surface area contributed by atoms with Gasteiger partial charge in [0, 0.05) is 6.54 Å². The van der Waals surface area contributed by atoms with Crippen LogP contribution in [0.15, 0.2) is 30.3 Å². The average Bonchev–Trinajstić information content (AvgIpc) is 2.40. The van der Waals surface area contributed by atoms with Crippen LogP contribution in [0.25, 0.3) is 0 Å². The van der Waals surface area contributed by atoms with Crippen molar-refractivity contribution in [3.8, 4) is 0 Å². The van der Waals surface area contributed by atoms with Gasteiger partial charge < -0.3 is 10.2 Å². The highest BCUT2D eigenvalue weighted by Gasteiger charge is 2.21.